The molecule has 0 aromatic rings. The molecule has 0 radical (unpaired) electrons. The van der Waals surface area contributed by atoms with E-state index in [0.717, 1.165) is 0 Å². The first-order valence-corrected chi connectivity index (χ1v) is 7.78. The first-order valence-electron chi connectivity index (χ1n) is 7.78. The lowest BCUT2D eigenvalue weighted by atomic mass is 9.85. The number of ether oxygens (including phenoxy) is 2. The van der Waals surface area contributed by atoms with Crippen molar-refractivity contribution in [2.24, 2.45) is 0 Å². The van der Waals surface area contributed by atoms with Crippen LogP contribution in [0, 0.1) is 0 Å². The predicted molar refractivity (Wildman–Crippen MR) is 81.2 cm³/mol. The van der Waals surface area contributed by atoms with Crippen LogP contribution in [0.25, 0.3) is 0 Å². The fourth-order valence-electron chi connectivity index (χ4n) is 2.80. The van der Waals surface area contributed by atoms with Gasteiger partial charge in [-0.05, 0) is 20.8 Å². The number of amides is 1. The van der Waals surface area contributed by atoms with E-state index in [9.17, 15) is 14.7 Å². The summed E-state index contributed by atoms with van der Waals surface area (Å²) in [6.07, 6.45) is -0.0643. The molecule has 132 valence electrons. The summed E-state index contributed by atoms with van der Waals surface area (Å²) >= 11 is 0. The highest BCUT2D eigenvalue weighted by molar-refractivity contribution is 5.73. The number of carboxylic acids is 1. The molecule has 1 unspecified atom stereocenters. The van der Waals surface area contributed by atoms with Gasteiger partial charge < -0.3 is 29.9 Å². The monoisotopic (exact) mass is 330 g/mol. The smallest absolute Gasteiger partial charge is 0.410 e. The minimum atomic E-state index is -0.974. The van der Waals surface area contributed by atoms with Gasteiger partial charge in [0.25, 0.3) is 0 Å². The molecular formula is C15H26N2O6. The molecular weight excluding hydrogens is 304 g/mol. The number of β-amino-alcohol motifs (C(OH)–C–C–N with tert-alkyl or cyclic N) is 1. The van der Waals surface area contributed by atoms with Crippen LogP contribution < -0.4 is 5.32 Å². The molecule has 2 aliphatic heterocycles. The normalized spacial score (nSPS) is 26.7. The standard InChI is InChI=1S/C15H26N2O6/c1-13(2,3)23-12(20)17-8-14(9-17,6-11(18)19)16-7-15(21)4-5-22-10-15/h16,21H,4-10H2,1-3H3,(H,18,19). The van der Waals surface area contributed by atoms with E-state index >= 15 is 0 Å². The Morgan fingerprint density at radius 3 is 2.48 bits per heavy atom. The van der Waals surface area contributed by atoms with Gasteiger partial charge in [0.05, 0.1) is 18.6 Å². The third kappa shape index (κ3) is 4.79. The van der Waals surface area contributed by atoms with Gasteiger partial charge >= 0.3 is 12.1 Å². The minimum Gasteiger partial charge on any atom is -0.481 e. The maximum Gasteiger partial charge on any atom is 0.410 e. The number of nitrogens with zero attached hydrogens (tertiary/aromatic N) is 1. The molecule has 0 aromatic carbocycles. The maximum absolute atomic E-state index is 12.0. The first-order chi connectivity index (χ1) is 10.5. The van der Waals surface area contributed by atoms with E-state index in [4.69, 9.17) is 14.6 Å². The van der Waals surface area contributed by atoms with E-state index < -0.39 is 28.8 Å². The average molecular weight is 330 g/mol. The number of nitrogens with one attached hydrogen (secondary N) is 1. The third-order valence-electron chi connectivity index (χ3n) is 4.00. The van der Waals surface area contributed by atoms with Crippen LogP contribution in [-0.4, -0.2) is 76.8 Å². The fraction of sp³-hybridized carbons (Fsp3) is 0.867. The van der Waals surface area contributed by atoms with Gasteiger partial charge in [-0.1, -0.05) is 0 Å². The second-order valence-corrected chi connectivity index (χ2v) is 7.57. The zero-order valence-electron chi connectivity index (χ0n) is 13.9. The molecule has 8 nitrogen and oxygen atoms in total. The molecule has 3 N–H and O–H groups in total. The number of carboxylic acid groups (broad SMARTS) is 1. The van der Waals surface area contributed by atoms with Crippen molar-refractivity contribution >= 4 is 12.1 Å². The van der Waals surface area contributed by atoms with Crippen molar-refractivity contribution in [2.75, 3.05) is 32.8 Å². The summed E-state index contributed by atoms with van der Waals surface area (Å²) in [4.78, 5) is 24.6. The molecule has 23 heavy (non-hydrogen) atoms. The molecule has 2 rings (SSSR count). The number of hydrogen-bond acceptors (Lipinski definition) is 6. The average Bonchev–Trinajstić information content (AvgIpc) is 2.76. The third-order valence-corrected chi connectivity index (χ3v) is 4.00. The number of aliphatic hydroxyl groups is 1. The van der Waals surface area contributed by atoms with E-state index in [2.05, 4.69) is 5.32 Å². The minimum absolute atomic E-state index is 0.122. The summed E-state index contributed by atoms with van der Waals surface area (Å²) in [7, 11) is 0. The number of carbonyl (C=O) groups is 2. The number of carbonyl (C=O) groups excluding carboxylic acids is 1. The second kappa shape index (κ2) is 6.26. The molecule has 0 saturated carbocycles. The number of aliphatic carboxylic acids is 1. The van der Waals surface area contributed by atoms with Crippen molar-refractivity contribution in [1.82, 2.24) is 10.2 Å². The highest BCUT2D eigenvalue weighted by Gasteiger charge is 2.49. The summed E-state index contributed by atoms with van der Waals surface area (Å²) in [5.74, 6) is -0.948. The number of likely N-dealkylation sites (tertiary alicyclic amines) is 1. The van der Waals surface area contributed by atoms with Gasteiger partial charge in [0.1, 0.15) is 11.2 Å². The quantitative estimate of drug-likeness (QED) is 0.660. The fourth-order valence-corrected chi connectivity index (χ4v) is 2.80. The molecule has 2 fully saturated rings. The molecule has 1 amide bonds. The van der Waals surface area contributed by atoms with E-state index in [0.29, 0.717) is 13.0 Å². The van der Waals surface area contributed by atoms with Crippen LogP contribution >= 0.6 is 0 Å². The summed E-state index contributed by atoms with van der Waals surface area (Å²) in [6, 6.07) is 0. The van der Waals surface area contributed by atoms with Crippen LogP contribution in [0.15, 0.2) is 0 Å². The Balaban J connectivity index is 1.92. The Kier molecular flexibility index (Phi) is 4.89. The van der Waals surface area contributed by atoms with Gasteiger partial charge in [-0.3, -0.25) is 4.79 Å². The lowest BCUT2D eigenvalue weighted by molar-refractivity contribution is -0.141. The van der Waals surface area contributed by atoms with Crippen molar-refractivity contribution in [3.8, 4) is 0 Å². The van der Waals surface area contributed by atoms with Gasteiger partial charge in [0, 0.05) is 32.7 Å². The predicted octanol–water partition coefficient (Wildman–Crippen LogP) is 0.192. The van der Waals surface area contributed by atoms with Crippen molar-refractivity contribution < 1.29 is 29.3 Å². The van der Waals surface area contributed by atoms with E-state index in [-0.39, 0.29) is 32.7 Å². The van der Waals surface area contributed by atoms with Crippen molar-refractivity contribution in [3.63, 3.8) is 0 Å². The molecule has 1 atom stereocenters. The van der Waals surface area contributed by atoms with Crippen molar-refractivity contribution in [3.05, 3.63) is 0 Å². The van der Waals surface area contributed by atoms with Crippen molar-refractivity contribution in [2.45, 2.75) is 50.4 Å². The Bertz CT molecular complexity index is 461. The van der Waals surface area contributed by atoms with Crippen LogP contribution in [0.2, 0.25) is 0 Å². The summed E-state index contributed by atoms with van der Waals surface area (Å²) in [5, 5.41) is 22.5. The molecule has 0 bridgehead atoms. The van der Waals surface area contributed by atoms with Gasteiger partial charge in [-0.2, -0.15) is 0 Å². The van der Waals surface area contributed by atoms with Crippen LogP contribution in [0.3, 0.4) is 0 Å². The SMILES string of the molecule is CC(C)(C)OC(=O)N1CC(CC(=O)O)(NCC2(O)CCOC2)C1. The van der Waals surface area contributed by atoms with Gasteiger partial charge in [0.2, 0.25) is 0 Å². The number of rotatable bonds is 5. The molecule has 2 heterocycles. The van der Waals surface area contributed by atoms with E-state index in [1.165, 1.54) is 4.90 Å². The summed E-state index contributed by atoms with van der Waals surface area (Å²) in [6.45, 7) is 6.79. The Morgan fingerprint density at radius 1 is 1.35 bits per heavy atom. The molecule has 2 aliphatic rings. The topological polar surface area (TPSA) is 108 Å². The zero-order valence-corrected chi connectivity index (χ0v) is 13.9. The Hall–Kier alpha value is -1.38. The van der Waals surface area contributed by atoms with Crippen LogP contribution in [0.4, 0.5) is 4.79 Å². The summed E-state index contributed by atoms with van der Waals surface area (Å²) < 4.78 is 10.5. The highest BCUT2D eigenvalue weighted by atomic mass is 16.6. The van der Waals surface area contributed by atoms with Crippen LogP contribution in [0.1, 0.15) is 33.6 Å². The molecule has 2 saturated heterocycles. The lowest BCUT2D eigenvalue weighted by Crippen LogP contribution is -2.72. The Morgan fingerprint density at radius 2 is 2.00 bits per heavy atom. The van der Waals surface area contributed by atoms with Crippen LogP contribution in [0.5, 0.6) is 0 Å². The van der Waals surface area contributed by atoms with Gasteiger partial charge in [-0.25, -0.2) is 4.79 Å². The van der Waals surface area contributed by atoms with Crippen LogP contribution in [-0.2, 0) is 14.3 Å². The van der Waals surface area contributed by atoms with Crippen molar-refractivity contribution in [1.29, 1.82) is 0 Å². The summed E-state index contributed by atoms with van der Waals surface area (Å²) in [5.41, 5.74) is -2.30. The molecule has 0 spiro atoms. The van der Waals surface area contributed by atoms with E-state index in [1.54, 1.807) is 20.8 Å². The lowest BCUT2D eigenvalue weighted by Gasteiger charge is -2.50. The number of hydrogen-bond donors (Lipinski definition) is 3. The molecule has 0 aromatic heterocycles. The Labute approximate surface area is 135 Å². The largest absolute Gasteiger partial charge is 0.481 e. The molecule has 0 aliphatic carbocycles. The second-order valence-electron chi connectivity index (χ2n) is 7.57. The maximum atomic E-state index is 12.0. The van der Waals surface area contributed by atoms with Gasteiger partial charge in [-0.15, -0.1) is 0 Å². The first kappa shape index (κ1) is 18.0. The highest BCUT2D eigenvalue weighted by Crippen LogP contribution is 2.28. The zero-order chi connectivity index (χ0) is 17.3. The van der Waals surface area contributed by atoms with Gasteiger partial charge in [0.15, 0.2) is 0 Å². The van der Waals surface area contributed by atoms with E-state index in [1.807, 2.05) is 0 Å². The molecule has 8 heteroatoms.